The predicted molar refractivity (Wildman–Crippen MR) is 111 cm³/mol. The topological polar surface area (TPSA) is 112 Å². The Bertz CT molecular complexity index is 977. The SMILES string of the molecule is CC(C)(C)C(CC(=O)O)[C@](C(=O)O)(n1c(=O)[nH]c2cc(Br)ccc21)C(C)(C)C. The number of carbonyl (C=O) groups is 2. The average molecular weight is 455 g/mol. The van der Waals surface area contributed by atoms with Crippen LogP contribution in [0.25, 0.3) is 11.0 Å². The molecule has 1 aromatic heterocycles. The van der Waals surface area contributed by atoms with Gasteiger partial charge in [0.05, 0.1) is 17.5 Å². The molecule has 2 rings (SSSR count). The van der Waals surface area contributed by atoms with Gasteiger partial charge in [-0.15, -0.1) is 0 Å². The molecule has 3 N–H and O–H groups in total. The van der Waals surface area contributed by atoms with Gasteiger partial charge in [-0.2, -0.15) is 0 Å². The molecule has 0 amide bonds. The molecule has 1 heterocycles. The van der Waals surface area contributed by atoms with Crippen LogP contribution in [0.4, 0.5) is 0 Å². The molecule has 1 aromatic carbocycles. The van der Waals surface area contributed by atoms with Gasteiger partial charge in [0, 0.05) is 10.4 Å². The van der Waals surface area contributed by atoms with Crippen LogP contribution in [0.15, 0.2) is 27.5 Å². The summed E-state index contributed by atoms with van der Waals surface area (Å²) in [5.41, 5.74) is -3.15. The molecule has 0 bridgehead atoms. The summed E-state index contributed by atoms with van der Waals surface area (Å²) in [5.74, 6) is -3.20. The van der Waals surface area contributed by atoms with Crippen molar-refractivity contribution in [3.05, 3.63) is 33.2 Å². The third-order valence-corrected chi connectivity index (χ3v) is 5.89. The van der Waals surface area contributed by atoms with Crippen molar-refractivity contribution < 1.29 is 19.8 Å². The molecule has 0 spiro atoms. The Labute approximate surface area is 171 Å². The van der Waals surface area contributed by atoms with Crippen LogP contribution < -0.4 is 5.69 Å². The highest BCUT2D eigenvalue weighted by Crippen LogP contribution is 2.52. The number of aromatic amines is 1. The number of imidazole rings is 1. The molecule has 2 aromatic rings. The van der Waals surface area contributed by atoms with E-state index in [2.05, 4.69) is 20.9 Å². The second-order valence-corrected chi connectivity index (χ2v) is 10.2. The molecule has 0 saturated heterocycles. The number of aromatic nitrogens is 2. The smallest absolute Gasteiger partial charge is 0.330 e. The number of nitrogens with one attached hydrogen (secondary N) is 1. The number of hydrogen-bond acceptors (Lipinski definition) is 3. The van der Waals surface area contributed by atoms with Crippen molar-refractivity contribution in [3.8, 4) is 0 Å². The lowest BCUT2D eigenvalue weighted by atomic mass is 9.57. The van der Waals surface area contributed by atoms with E-state index in [1.54, 1.807) is 59.7 Å². The number of halogens is 1. The summed E-state index contributed by atoms with van der Waals surface area (Å²) in [4.78, 5) is 40.4. The maximum absolute atomic E-state index is 13.0. The monoisotopic (exact) mass is 454 g/mol. The molecule has 28 heavy (non-hydrogen) atoms. The highest BCUT2D eigenvalue weighted by molar-refractivity contribution is 9.10. The Morgan fingerprint density at radius 3 is 2.14 bits per heavy atom. The summed E-state index contributed by atoms with van der Waals surface area (Å²) in [6, 6.07) is 5.09. The minimum absolute atomic E-state index is 0.386. The van der Waals surface area contributed by atoms with E-state index >= 15 is 0 Å². The molecule has 154 valence electrons. The Kier molecular flexibility index (Phi) is 5.60. The first-order valence-corrected chi connectivity index (χ1v) is 9.79. The van der Waals surface area contributed by atoms with E-state index in [0.717, 1.165) is 4.47 Å². The van der Waals surface area contributed by atoms with Crippen LogP contribution in [0, 0.1) is 16.7 Å². The fourth-order valence-electron chi connectivity index (χ4n) is 4.27. The van der Waals surface area contributed by atoms with Gasteiger partial charge in [0.25, 0.3) is 0 Å². The third kappa shape index (κ3) is 3.50. The molecule has 0 aliphatic rings. The van der Waals surface area contributed by atoms with Crippen molar-refractivity contribution in [1.29, 1.82) is 0 Å². The van der Waals surface area contributed by atoms with Crippen LogP contribution in [0.5, 0.6) is 0 Å². The van der Waals surface area contributed by atoms with Crippen LogP contribution >= 0.6 is 15.9 Å². The Morgan fingerprint density at radius 2 is 1.71 bits per heavy atom. The second kappa shape index (κ2) is 7.06. The molecular formula is C20H27BrN2O5. The second-order valence-electron chi connectivity index (χ2n) is 9.27. The van der Waals surface area contributed by atoms with Gasteiger partial charge in [0.15, 0.2) is 5.54 Å². The number of hydrogen-bond donors (Lipinski definition) is 3. The van der Waals surface area contributed by atoms with Gasteiger partial charge in [0.2, 0.25) is 0 Å². The number of benzene rings is 1. The third-order valence-electron chi connectivity index (χ3n) is 5.39. The standard InChI is InChI=1S/C20H27BrN2O5/c1-18(2,3)14(10-15(24)25)20(16(26)27,19(4,5)6)23-13-8-7-11(21)9-12(13)22-17(23)28/h7-9,14H,10H2,1-6H3,(H,22,28)(H,24,25)(H,26,27)/t14?,20-/m1/s1. The van der Waals surface area contributed by atoms with Crippen molar-refractivity contribution in [2.24, 2.45) is 16.7 Å². The van der Waals surface area contributed by atoms with Gasteiger partial charge >= 0.3 is 17.6 Å². The van der Waals surface area contributed by atoms with Gasteiger partial charge in [-0.3, -0.25) is 9.36 Å². The Hall–Kier alpha value is -2.09. The molecule has 2 atom stereocenters. The van der Waals surface area contributed by atoms with Crippen molar-refractivity contribution >= 4 is 38.9 Å². The molecular weight excluding hydrogens is 428 g/mol. The minimum Gasteiger partial charge on any atom is -0.481 e. The van der Waals surface area contributed by atoms with E-state index < -0.39 is 39.9 Å². The first kappa shape index (κ1) is 22.2. The highest BCUT2D eigenvalue weighted by Gasteiger charge is 2.60. The zero-order valence-corrected chi connectivity index (χ0v) is 18.5. The van der Waals surface area contributed by atoms with Crippen molar-refractivity contribution in [1.82, 2.24) is 9.55 Å². The maximum Gasteiger partial charge on any atom is 0.330 e. The van der Waals surface area contributed by atoms with Crippen molar-refractivity contribution in [3.63, 3.8) is 0 Å². The summed E-state index contributed by atoms with van der Waals surface area (Å²) in [6.07, 6.45) is -0.386. The number of nitrogens with zero attached hydrogens (tertiary/aromatic N) is 1. The van der Waals surface area contributed by atoms with Gasteiger partial charge in [-0.1, -0.05) is 57.5 Å². The number of carboxylic acid groups (broad SMARTS) is 2. The first-order valence-electron chi connectivity index (χ1n) is 9.00. The van der Waals surface area contributed by atoms with Crippen molar-refractivity contribution in [2.75, 3.05) is 0 Å². The van der Waals surface area contributed by atoms with E-state index in [4.69, 9.17) is 0 Å². The van der Waals surface area contributed by atoms with Gasteiger partial charge in [-0.05, 0) is 29.0 Å². The highest BCUT2D eigenvalue weighted by atomic mass is 79.9. The van der Waals surface area contributed by atoms with Crippen molar-refractivity contribution in [2.45, 2.75) is 53.5 Å². The summed E-state index contributed by atoms with van der Waals surface area (Å²) >= 11 is 3.35. The van der Waals surface area contributed by atoms with Crippen LogP contribution in [0.1, 0.15) is 48.0 Å². The lowest BCUT2D eigenvalue weighted by Gasteiger charge is -2.51. The molecule has 7 nitrogen and oxygen atoms in total. The van der Waals surface area contributed by atoms with Crippen LogP contribution in [0.2, 0.25) is 0 Å². The fraction of sp³-hybridized carbons (Fsp3) is 0.550. The quantitative estimate of drug-likeness (QED) is 0.630. The van der Waals surface area contributed by atoms with E-state index in [9.17, 15) is 24.6 Å². The average Bonchev–Trinajstić information content (AvgIpc) is 2.79. The lowest BCUT2D eigenvalue weighted by molar-refractivity contribution is -0.167. The Balaban J connectivity index is 3.07. The number of aliphatic carboxylic acids is 2. The van der Waals surface area contributed by atoms with Gasteiger partial charge in [0.1, 0.15) is 0 Å². The number of H-pyrrole nitrogens is 1. The van der Waals surface area contributed by atoms with E-state index in [1.165, 1.54) is 4.57 Å². The molecule has 0 saturated carbocycles. The van der Waals surface area contributed by atoms with E-state index in [1.807, 2.05) is 0 Å². The van der Waals surface area contributed by atoms with Gasteiger partial charge < -0.3 is 15.2 Å². The maximum atomic E-state index is 13.0. The molecule has 0 aliphatic carbocycles. The van der Waals surface area contributed by atoms with Crippen LogP contribution in [0.3, 0.4) is 0 Å². The predicted octanol–water partition coefficient (Wildman–Crippen LogP) is 4.06. The van der Waals surface area contributed by atoms with Crippen LogP contribution in [-0.2, 0) is 15.1 Å². The van der Waals surface area contributed by atoms with E-state index in [-0.39, 0.29) is 6.42 Å². The summed E-state index contributed by atoms with van der Waals surface area (Å²) in [6.45, 7) is 10.6. The van der Waals surface area contributed by atoms with Crippen LogP contribution in [-0.4, -0.2) is 31.7 Å². The summed E-state index contributed by atoms with van der Waals surface area (Å²) in [5, 5.41) is 20.1. The molecule has 0 radical (unpaired) electrons. The molecule has 1 unspecified atom stereocenters. The number of carboxylic acids is 2. The summed E-state index contributed by atoms with van der Waals surface area (Å²) < 4.78 is 1.98. The zero-order valence-electron chi connectivity index (χ0n) is 17.0. The number of fused-ring (bicyclic) bond motifs is 1. The zero-order chi connectivity index (χ0) is 21.7. The lowest BCUT2D eigenvalue weighted by Crippen LogP contribution is -2.63. The van der Waals surface area contributed by atoms with Gasteiger partial charge in [-0.25, -0.2) is 9.59 Å². The number of rotatable bonds is 5. The molecule has 8 heteroatoms. The molecule has 0 fully saturated rings. The largest absolute Gasteiger partial charge is 0.481 e. The normalized spacial score (nSPS) is 16.0. The fourth-order valence-corrected chi connectivity index (χ4v) is 4.63. The molecule has 0 aliphatic heterocycles. The minimum atomic E-state index is -1.80. The summed E-state index contributed by atoms with van der Waals surface area (Å²) in [7, 11) is 0. The van der Waals surface area contributed by atoms with E-state index in [0.29, 0.717) is 11.0 Å². The Morgan fingerprint density at radius 1 is 1.14 bits per heavy atom. The first-order chi connectivity index (χ1) is 12.6.